The lowest BCUT2D eigenvalue weighted by molar-refractivity contribution is -0.152. The van der Waals surface area contributed by atoms with Crippen molar-refractivity contribution in [1.29, 1.82) is 0 Å². The monoisotopic (exact) mass is 534 g/mol. The van der Waals surface area contributed by atoms with E-state index in [1.807, 2.05) is 24.3 Å². The Kier molecular flexibility index (Phi) is 7.68. The predicted molar refractivity (Wildman–Crippen MR) is 132 cm³/mol. The van der Waals surface area contributed by atoms with Crippen molar-refractivity contribution in [3.8, 4) is 0 Å². The third kappa shape index (κ3) is 5.60. The molecule has 1 unspecified atom stereocenters. The SMILES string of the molecule is O=C(ON1C(=O)C2CN(C(=O)N3CCOCC3)CCN2C1=O)N1CCN(CCc2ccc(Cl)cc2)CC1. The Morgan fingerprint density at radius 2 is 1.57 bits per heavy atom. The Morgan fingerprint density at radius 1 is 0.892 bits per heavy atom. The van der Waals surface area contributed by atoms with E-state index in [9.17, 15) is 19.2 Å². The molecular weight excluding hydrogens is 504 g/mol. The molecule has 5 rings (SSSR count). The molecule has 0 bridgehead atoms. The zero-order valence-corrected chi connectivity index (χ0v) is 21.3. The second-order valence-electron chi connectivity index (χ2n) is 9.51. The highest BCUT2D eigenvalue weighted by atomic mass is 35.5. The summed E-state index contributed by atoms with van der Waals surface area (Å²) in [4.78, 5) is 65.1. The molecule has 12 nitrogen and oxygen atoms in total. The number of amides is 6. The molecule has 37 heavy (non-hydrogen) atoms. The van der Waals surface area contributed by atoms with Gasteiger partial charge in [-0.15, -0.1) is 0 Å². The van der Waals surface area contributed by atoms with Gasteiger partial charge in [-0.05, 0) is 24.1 Å². The van der Waals surface area contributed by atoms with E-state index in [0.29, 0.717) is 69.1 Å². The smallest absolute Gasteiger partial charge is 0.378 e. The normalized spacial score (nSPS) is 22.9. The quantitative estimate of drug-likeness (QED) is 0.529. The molecule has 1 aromatic rings. The number of urea groups is 2. The van der Waals surface area contributed by atoms with Gasteiger partial charge in [0.05, 0.1) is 19.8 Å². The molecule has 1 atom stereocenters. The minimum absolute atomic E-state index is 0.0705. The molecule has 0 spiro atoms. The van der Waals surface area contributed by atoms with Crippen LogP contribution in [0.5, 0.6) is 0 Å². The lowest BCUT2D eigenvalue weighted by atomic mass is 10.1. The average Bonchev–Trinajstić information content (AvgIpc) is 3.17. The molecule has 13 heteroatoms. The van der Waals surface area contributed by atoms with Crippen molar-refractivity contribution in [2.24, 2.45) is 0 Å². The Morgan fingerprint density at radius 3 is 2.27 bits per heavy atom. The van der Waals surface area contributed by atoms with E-state index in [1.165, 1.54) is 15.4 Å². The van der Waals surface area contributed by atoms with Crippen molar-refractivity contribution in [2.45, 2.75) is 12.5 Å². The Labute approximate surface area is 220 Å². The van der Waals surface area contributed by atoms with Gasteiger partial charge in [0.2, 0.25) is 0 Å². The highest BCUT2D eigenvalue weighted by Gasteiger charge is 2.51. The number of nitrogens with zero attached hydrogens (tertiary/aromatic N) is 6. The lowest BCUT2D eigenvalue weighted by Gasteiger charge is -2.38. The van der Waals surface area contributed by atoms with Gasteiger partial charge >= 0.3 is 18.2 Å². The summed E-state index contributed by atoms with van der Waals surface area (Å²) in [5.41, 5.74) is 1.19. The van der Waals surface area contributed by atoms with Crippen LogP contribution in [0.1, 0.15) is 5.56 Å². The molecule has 0 aromatic heterocycles. The topological polar surface area (TPSA) is 106 Å². The maximum atomic E-state index is 13.0. The summed E-state index contributed by atoms with van der Waals surface area (Å²) in [6, 6.07) is 6.06. The van der Waals surface area contributed by atoms with Crippen LogP contribution < -0.4 is 0 Å². The number of halogens is 1. The van der Waals surface area contributed by atoms with Gasteiger partial charge in [0.15, 0.2) is 0 Å². The van der Waals surface area contributed by atoms with Crippen molar-refractivity contribution in [3.63, 3.8) is 0 Å². The standard InChI is InChI=1S/C24H31ClN6O6/c25-19-3-1-18(2-4-19)5-6-26-7-9-28(10-8-26)24(35)37-31-21(32)20-17-29(11-12-30(20)23(31)34)22(33)27-13-15-36-16-14-27/h1-4,20H,5-17H2. The Balaban J connectivity index is 1.10. The van der Waals surface area contributed by atoms with Gasteiger partial charge < -0.3 is 29.2 Å². The maximum absolute atomic E-state index is 13.0. The maximum Gasteiger partial charge on any atom is 0.434 e. The molecule has 0 saturated carbocycles. The molecule has 200 valence electrons. The number of rotatable bonds is 4. The van der Waals surface area contributed by atoms with E-state index in [2.05, 4.69) is 4.90 Å². The summed E-state index contributed by atoms with van der Waals surface area (Å²) in [5.74, 6) is -0.626. The highest BCUT2D eigenvalue weighted by molar-refractivity contribution is 6.30. The van der Waals surface area contributed by atoms with Crippen LogP contribution in [-0.4, -0.2) is 138 Å². The van der Waals surface area contributed by atoms with Crippen molar-refractivity contribution in [3.05, 3.63) is 34.9 Å². The average molecular weight is 535 g/mol. The van der Waals surface area contributed by atoms with Crippen LogP contribution in [0.15, 0.2) is 24.3 Å². The van der Waals surface area contributed by atoms with Gasteiger partial charge in [-0.25, -0.2) is 14.4 Å². The summed E-state index contributed by atoms with van der Waals surface area (Å²) >= 11 is 5.94. The number of benzene rings is 1. The Hall–Kier alpha value is -3.09. The van der Waals surface area contributed by atoms with Crippen LogP contribution in [0.25, 0.3) is 0 Å². The molecule has 0 aliphatic carbocycles. The van der Waals surface area contributed by atoms with Gasteiger partial charge in [0, 0.05) is 63.9 Å². The molecule has 4 heterocycles. The van der Waals surface area contributed by atoms with Crippen LogP contribution >= 0.6 is 11.6 Å². The van der Waals surface area contributed by atoms with Crippen molar-refractivity contribution < 1.29 is 28.8 Å². The van der Waals surface area contributed by atoms with E-state index in [0.717, 1.165) is 13.0 Å². The fourth-order valence-corrected chi connectivity index (χ4v) is 5.14. The summed E-state index contributed by atoms with van der Waals surface area (Å²) in [7, 11) is 0. The van der Waals surface area contributed by atoms with Crippen molar-refractivity contribution in [2.75, 3.05) is 78.7 Å². The van der Waals surface area contributed by atoms with Gasteiger partial charge in [-0.3, -0.25) is 9.69 Å². The number of piperazine rings is 2. The lowest BCUT2D eigenvalue weighted by Crippen LogP contribution is -2.58. The molecule has 1 aromatic carbocycles. The first-order chi connectivity index (χ1) is 17.9. The van der Waals surface area contributed by atoms with Crippen LogP contribution in [0.3, 0.4) is 0 Å². The minimum atomic E-state index is -0.858. The van der Waals surface area contributed by atoms with Crippen LogP contribution in [0.4, 0.5) is 14.4 Å². The molecule has 4 aliphatic rings. The zero-order valence-electron chi connectivity index (χ0n) is 20.6. The molecule has 0 N–H and O–H groups in total. The number of carbonyl (C=O) groups is 4. The first-order valence-corrected chi connectivity index (χ1v) is 13.0. The molecule has 0 radical (unpaired) electrons. The zero-order chi connectivity index (χ0) is 25.9. The summed E-state index contributed by atoms with van der Waals surface area (Å²) in [6.45, 7) is 5.58. The Bertz CT molecular complexity index is 1030. The number of hydrogen-bond donors (Lipinski definition) is 0. The number of fused-ring (bicyclic) bond motifs is 1. The molecule has 4 aliphatic heterocycles. The van der Waals surface area contributed by atoms with Crippen LogP contribution in [-0.2, 0) is 20.8 Å². The predicted octanol–water partition coefficient (Wildman–Crippen LogP) is 0.952. The second-order valence-corrected chi connectivity index (χ2v) is 9.95. The van der Waals surface area contributed by atoms with E-state index in [1.54, 1.807) is 9.80 Å². The summed E-state index contributed by atoms with van der Waals surface area (Å²) in [6.07, 6.45) is 0.154. The summed E-state index contributed by atoms with van der Waals surface area (Å²) < 4.78 is 5.29. The van der Waals surface area contributed by atoms with Gasteiger partial charge in [-0.1, -0.05) is 28.8 Å². The highest BCUT2D eigenvalue weighted by Crippen LogP contribution is 2.24. The fraction of sp³-hybridized carbons (Fsp3) is 0.583. The number of morpholine rings is 1. The molecule has 4 fully saturated rings. The largest absolute Gasteiger partial charge is 0.434 e. The molecule has 4 saturated heterocycles. The number of hydrogen-bond acceptors (Lipinski definition) is 7. The van der Waals surface area contributed by atoms with Crippen LogP contribution in [0, 0.1) is 0 Å². The number of hydroxylamine groups is 2. The number of imide groups is 1. The van der Waals surface area contributed by atoms with E-state index >= 15 is 0 Å². The summed E-state index contributed by atoms with van der Waals surface area (Å²) in [5, 5.41) is 1.27. The van der Waals surface area contributed by atoms with Gasteiger partial charge in [-0.2, -0.15) is 0 Å². The first kappa shape index (κ1) is 25.6. The van der Waals surface area contributed by atoms with Crippen molar-refractivity contribution in [1.82, 2.24) is 29.6 Å². The van der Waals surface area contributed by atoms with Crippen molar-refractivity contribution >= 4 is 35.7 Å². The fourth-order valence-electron chi connectivity index (χ4n) is 5.01. The van der Waals surface area contributed by atoms with E-state index in [4.69, 9.17) is 21.2 Å². The first-order valence-electron chi connectivity index (χ1n) is 12.6. The van der Waals surface area contributed by atoms with Gasteiger partial charge in [0.25, 0.3) is 5.91 Å². The minimum Gasteiger partial charge on any atom is -0.378 e. The van der Waals surface area contributed by atoms with E-state index in [-0.39, 0.29) is 19.1 Å². The molecule has 6 amide bonds. The number of carbonyl (C=O) groups excluding carboxylic acids is 4. The number of ether oxygens (including phenoxy) is 1. The van der Waals surface area contributed by atoms with Gasteiger partial charge in [0.1, 0.15) is 6.04 Å². The third-order valence-electron chi connectivity index (χ3n) is 7.27. The van der Waals surface area contributed by atoms with Crippen LogP contribution in [0.2, 0.25) is 5.02 Å². The third-order valence-corrected chi connectivity index (χ3v) is 7.52. The molecular formula is C24H31ClN6O6. The van der Waals surface area contributed by atoms with E-state index < -0.39 is 24.1 Å². The second kappa shape index (κ2) is 11.1.